The number of carbonyl (C=O) groups excluding carboxylic acids is 15. The number of rotatable bonds is 12. The van der Waals surface area contributed by atoms with Crippen LogP contribution in [-0.4, -0.2) is 168 Å². The van der Waals surface area contributed by atoms with Crippen molar-refractivity contribution in [1.29, 1.82) is 0 Å². The first-order valence-electron chi connectivity index (χ1n) is 41.5. The van der Waals surface area contributed by atoms with Crippen molar-refractivity contribution in [1.82, 2.24) is 61.2 Å². The van der Waals surface area contributed by atoms with Crippen molar-refractivity contribution in [2.75, 3.05) is 54.6 Å². The van der Waals surface area contributed by atoms with E-state index in [1.807, 2.05) is 80.7 Å². The van der Waals surface area contributed by atoms with Crippen molar-refractivity contribution in [2.24, 2.45) is 46.6 Å². The summed E-state index contributed by atoms with van der Waals surface area (Å²) >= 11 is 0. The van der Waals surface area contributed by atoms with Crippen LogP contribution < -0.4 is 70.8 Å². The molecular weight excluding hydrogens is 1640 g/mol. The van der Waals surface area contributed by atoms with E-state index in [2.05, 4.69) is 87.6 Å². The second-order valence-corrected chi connectivity index (χ2v) is 31.9. The maximum atomic E-state index is 13.1. The number of aliphatic carboxylic acids is 1. The molecule has 18 N–H and O–H groups in total. The van der Waals surface area contributed by atoms with E-state index in [1.54, 1.807) is 14.7 Å². The van der Waals surface area contributed by atoms with Crippen LogP contribution in [0.25, 0.3) is 0 Å². The molecule has 0 radical (unpaired) electrons. The van der Waals surface area contributed by atoms with Crippen LogP contribution in [0.3, 0.4) is 0 Å². The van der Waals surface area contributed by atoms with Gasteiger partial charge in [-0.25, -0.2) is 4.79 Å². The number of carboxylic acids is 1. The number of carboxylic acid groups (broad SMARTS) is 1. The van der Waals surface area contributed by atoms with Gasteiger partial charge in [0.1, 0.15) is 0 Å². The van der Waals surface area contributed by atoms with Gasteiger partial charge in [-0.2, -0.15) is 0 Å². The van der Waals surface area contributed by atoms with E-state index in [9.17, 15) is 81.1 Å². The van der Waals surface area contributed by atoms with Crippen LogP contribution in [0.15, 0.2) is 147 Å². The summed E-state index contributed by atoms with van der Waals surface area (Å²) in [5.41, 5.74) is 32.3. The molecule has 15 amide bonds. The molecule has 662 valence electrons. The number of carbonyl (C=O) groups is 16. The quantitative estimate of drug-likeness (QED) is 0.0636. The molecule has 8 aliphatic rings. The first-order chi connectivity index (χ1) is 61.1. The van der Waals surface area contributed by atoms with Crippen LogP contribution in [-0.2, 0) is 64.5 Å². The van der Waals surface area contributed by atoms with Crippen molar-refractivity contribution in [2.45, 2.75) is 129 Å². The smallest absolute Gasteiger partial charge is 0.394 e. The summed E-state index contributed by atoms with van der Waals surface area (Å²) in [6, 6.07) is 28.0. The highest BCUT2D eigenvalue weighted by Gasteiger charge is 2.40. The van der Waals surface area contributed by atoms with E-state index in [4.69, 9.17) is 29.4 Å². The molecule has 0 aliphatic carbocycles. The number of alkyl halides is 1. The summed E-state index contributed by atoms with van der Waals surface area (Å²) in [6.45, 7) is 12.9. The number of fused-ring (bicyclic) bond motifs is 4. The van der Waals surface area contributed by atoms with Gasteiger partial charge in [0, 0.05) is 98.9 Å². The molecule has 12 heterocycles. The number of halogens is 1. The molecule has 16 rings (SSSR count). The average Bonchev–Trinajstić information content (AvgIpc) is 1.71. The zero-order valence-electron chi connectivity index (χ0n) is 70.8. The van der Waals surface area contributed by atoms with Gasteiger partial charge in [0.15, 0.2) is 0 Å². The van der Waals surface area contributed by atoms with E-state index in [1.165, 1.54) is 92.2 Å². The van der Waals surface area contributed by atoms with Crippen molar-refractivity contribution >= 4 is 117 Å². The number of hydrogen-bond acceptors (Lipinski definition) is 21. The first kappa shape index (κ1) is 91.1. The number of primary amides is 4. The Morgan fingerprint density at radius 2 is 0.638 bits per heavy atom. The van der Waals surface area contributed by atoms with Crippen LogP contribution in [0.4, 0.5) is 27.1 Å². The molecule has 4 aromatic heterocycles. The molecule has 4 unspecified atom stereocenters. The molecule has 38 heteroatoms. The van der Waals surface area contributed by atoms with Gasteiger partial charge in [0.2, 0.25) is 23.6 Å². The SMILES string of the molecule is CC1CCC(c2ccc3c(c2)C(=O)NC3)N(C(=O)C(=O)Nc2cncc(C(N)=O)c2)C1.CC1CCC(c2ccc3c(c2)C(=O)NC3)NC1.C[C@@H]1CC[C@@H](c2ccc3c(c2)C(=O)NC3)N(C(=O)C(=O)Nc2cncc(C(N)=O)c2)C1.C[C@H]1CC[C@H](c2ccc3c(c2)C(=O)NC3)N(C(=O)C(=O)Nc2cncc(C(N)=O)c2)C1.NC(=O)c1cncc(NC(=O)C(=O)O)c1.[2H]CF. The number of likely N-dealkylation sites (tertiary alicyclic amines) is 3. The van der Waals surface area contributed by atoms with Crippen LogP contribution in [0.1, 0.15) is 232 Å². The van der Waals surface area contributed by atoms with E-state index >= 15 is 0 Å². The highest BCUT2D eigenvalue weighted by Crippen LogP contribution is 2.39. The van der Waals surface area contributed by atoms with Crippen LogP contribution >= 0.6 is 0 Å². The van der Waals surface area contributed by atoms with Crippen molar-refractivity contribution in [3.63, 3.8) is 0 Å². The molecule has 8 aliphatic heterocycles. The van der Waals surface area contributed by atoms with Gasteiger partial charge in [-0.1, -0.05) is 76.2 Å². The van der Waals surface area contributed by atoms with Crippen LogP contribution in [0, 0.1) is 23.7 Å². The Bertz CT molecular complexity index is 5290. The molecular formula is C89H97FN20O17. The van der Waals surface area contributed by atoms with Gasteiger partial charge in [-0.3, -0.25) is 96.2 Å². The molecule has 4 fully saturated rings. The number of amides is 15. The Morgan fingerprint density at radius 1 is 0.378 bits per heavy atom. The van der Waals surface area contributed by atoms with Crippen LogP contribution in [0.5, 0.6) is 0 Å². The predicted molar refractivity (Wildman–Crippen MR) is 458 cm³/mol. The Hall–Kier alpha value is -15.1. The fourth-order valence-corrected chi connectivity index (χ4v) is 15.9. The fraction of sp³-hybridized carbons (Fsp3) is 0.326. The van der Waals surface area contributed by atoms with E-state index in [0.29, 0.717) is 87.8 Å². The lowest BCUT2D eigenvalue weighted by molar-refractivity contribution is -0.147. The number of aromatic nitrogens is 4. The number of anilines is 4. The number of benzene rings is 4. The van der Waals surface area contributed by atoms with Gasteiger partial charge in [-0.15, -0.1) is 0 Å². The second-order valence-electron chi connectivity index (χ2n) is 31.9. The van der Waals surface area contributed by atoms with Crippen LogP contribution in [0.2, 0.25) is 0 Å². The molecule has 127 heavy (non-hydrogen) atoms. The molecule has 8 atom stereocenters. The normalized spacial score (nSPS) is 19.6. The van der Waals surface area contributed by atoms with E-state index < -0.39 is 78.1 Å². The number of nitrogens with zero attached hydrogens (tertiary/aromatic N) is 7. The standard InChI is InChI=1S/3C22H23N5O4.C14H18N2O.C8H7N3O4.CH3F/c3*1-12-2-5-18(13-3-4-14-9-25-20(29)17(14)7-13)27(11-12)22(31)21(30)26-16-6-15(19(23)28)8-24-10-16;1-9-2-5-13(15-7-9)10-3-4-11-8-16-14(17)12(11)6-10;9-6(12)4-1-5(3-10-2-4)11-7(13)8(14)15;1-2/h3*3-4,6-8,10,12,18H,2,5,9,11H2,1H3,(H2,23,28)(H,25,29)(H,26,30);3-4,6,9,13,15H,2,5,7-8H2,1H3,(H,16,17);1-3H,(H2,9,12)(H,11,13)(H,14,15);1H3/t2*12-,18+;;;;/m10..../s1/i;;;;;1D. The lowest BCUT2D eigenvalue weighted by Gasteiger charge is -2.38. The Kier molecular flexibility index (Phi) is 30.0. The largest absolute Gasteiger partial charge is 0.474 e. The van der Waals surface area contributed by atoms with Gasteiger partial charge >= 0.3 is 47.3 Å². The molecule has 37 nitrogen and oxygen atoms in total. The van der Waals surface area contributed by atoms with Crippen molar-refractivity contribution in [3.05, 3.63) is 236 Å². The number of piperidine rings is 4. The third-order valence-corrected chi connectivity index (χ3v) is 22.6. The van der Waals surface area contributed by atoms with Gasteiger partial charge in [0.25, 0.3) is 23.6 Å². The molecule has 4 saturated heterocycles. The van der Waals surface area contributed by atoms with Gasteiger partial charge in [0.05, 0.1) is 96.4 Å². The zero-order valence-corrected chi connectivity index (χ0v) is 69.8. The molecule has 0 bridgehead atoms. The summed E-state index contributed by atoms with van der Waals surface area (Å²) < 4.78 is 15.5. The number of nitrogens with one attached hydrogen (secondary N) is 9. The summed E-state index contributed by atoms with van der Waals surface area (Å²) in [6.07, 6.45) is 17.5. The summed E-state index contributed by atoms with van der Waals surface area (Å²) in [7, 11) is -1.00. The minimum Gasteiger partial charge on any atom is -0.474 e. The molecule has 0 spiro atoms. The lowest BCUT2D eigenvalue weighted by Crippen LogP contribution is -2.46. The maximum absolute atomic E-state index is 13.1. The van der Waals surface area contributed by atoms with E-state index in [0.717, 1.165) is 76.2 Å². The Labute approximate surface area is 729 Å². The maximum Gasteiger partial charge on any atom is 0.394 e. The molecule has 8 aromatic rings. The topological polar surface area (TPSA) is 567 Å². The van der Waals surface area contributed by atoms with Gasteiger partial charge in [-0.05, 0) is 175 Å². The highest BCUT2D eigenvalue weighted by molar-refractivity contribution is 6.41. The Morgan fingerprint density at radius 3 is 0.898 bits per heavy atom. The highest BCUT2D eigenvalue weighted by atomic mass is 19.1. The average molecular weight is 1740 g/mol. The summed E-state index contributed by atoms with van der Waals surface area (Å²) in [5.74, 6) is -8.88. The van der Waals surface area contributed by atoms with E-state index in [-0.39, 0.29) is 105 Å². The van der Waals surface area contributed by atoms with Crippen molar-refractivity contribution in [3.8, 4) is 0 Å². The monoisotopic (exact) mass is 1740 g/mol. The number of hydrogen-bond donors (Lipinski definition) is 14. The minimum atomic E-state index is -1.63. The summed E-state index contributed by atoms with van der Waals surface area (Å²) in [4.78, 5) is 211. The summed E-state index contributed by atoms with van der Waals surface area (Å²) in [5, 5.41) is 32.6. The Balaban J connectivity index is 0.000000158. The predicted octanol–water partition coefficient (Wildman–Crippen LogP) is 5.87. The second kappa shape index (κ2) is 41.8. The molecule has 0 saturated carbocycles. The number of pyridine rings is 4. The third-order valence-electron chi connectivity index (χ3n) is 22.6. The third kappa shape index (κ3) is 23.2. The first-order valence-corrected chi connectivity index (χ1v) is 40.8. The number of nitrogens with two attached hydrogens (primary N) is 4. The zero-order chi connectivity index (χ0) is 92.3. The van der Waals surface area contributed by atoms with Crippen molar-refractivity contribution < 1.29 is 87.6 Å². The fourth-order valence-electron chi connectivity index (χ4n) is 15.9. The lowest BCUT2D eigenvalue weighted by atomic mass is 9.88. The minimum absolute atomic E-state index is 0.0750. The van der Waals surface area contributed by atoms with Gasteiger partial charge < -0.3 is 90.6 Å². The molecule has 4 aromatic carbocycles.